The van der Waals surface area contributed by atoms with Crippen molar-refractivity contribution in [1.82, 2.24) is 0 Å². The summed E-state index contributed by atoms with van der Waals surface area (Å²) in [6.45, 7) is 14.7. The highest BCUT2D eigenvalue weighted by Crippen LogP contribution is 2.30. The summed E-state index contributed by atoms with van der Waals surface area (Å²) < 4.78 is 5.87. The molecule has 0 spiro atoms. The molecule has 2 nitrogen and oxygen atoms in total. The van der Waals surface area contributed by atoms with Crippen molar-refractivity contribution in [2.75, 3.05) is 6.61 Å². The molecule has 86 valence electrons. The summed E-state index contributed by atoms with van der Waals surface area (Å²) in [4.78, 5) is 0. The molecule has 2 heteroatoms. The Morgan fingerprint density at radius 1 is 1.00 bits per heavy atom. The van der Waals surface area contributed by atoms with Crippen LogP contribution in [0.4, 0.5) is 0 Å². The van der Waals surface area contributed by atoms with E-state index in [0.717, 1.165) is 0 Å². The quantitative estimate of drug-likeness (QED) is 0.743. The van der Waals surface area contributed by atoms with Crippen LogP contribution in [0.3, 0.4) is 0 Å². The smallest absolute Gasteiger partial charge is 0.0824 e. The molecule has 0 aromatic heterocycles. The lowest BCUT2D eigenvalue weighted by atomic mass is 9.82. The monoisotopic (exact) mass is 202 g/mol. The Bertz CT molecular complexity index is 158. The third-order valence-electron chi connectivity index (χ3n) is 3.03. The minimum atomic E-state index is -0.745. The van der Waals surface area contributed by atoms with Crippen LogP contribution in [0.25, 0.3) is 0 Å². The van der Waals surface area contributed by atoms with Crippen molar-refractivity contribution < 1.29 is 9.84 Å². The fraction of sp³-hybridized carbons (Fsp3) is 1.00. The summed E-state index contributed by atoms with van der Waals surface area (Å²) in [5.74, 6) is 0.898. The first-order valence-electron chi connectivity index (χ1n) is 5.46. The maximum absolute atomic E-state index is 9.62. The van der Waals surface area contributed by atoms with Gasteiger partial charge in [0, 0.05) is 0 Å². The van der Waals surface area contributed by atoms with Gasteiger partial charge in [-0.25, -0.2) is 0 Å². The predicted octanol–water partition coefficient (Wildman–Crippen LogP) is 2.84. The van der Waals surface area contributed by atoms with E-state index in [1.165, 1.54) is 0 Å². The molecule has 0 heterocycles. The summed E-state index contributed by atoms with van der Waals surface area (Å²) in [6, 6.07) is 0. The van der Waals surface area contributed by atoms with E-state index in [4.69, 9.17) is 4.74 Å². The average Bonchev–Trinajstić information content (AvgIpc) is 1.97. The number of hydrogen-bond acceptors (Lipinski definition) is 2. The number of ether oxygens (including phenoxy) is 1. The standard InChI is InChI=1S/C12H26O2/c1-9(2)12(7,10(3)4)14-8-11(5,6)13/h9-10,13H,8H2,1-7H3. The highest BCUT2D eigenvalue weighted by atomic mass is 16.5. The summed E-state index contributed by atoms with van der Waals surface area (Å²) >= 11 is 0. The van der Waals surface area contributed by atoms with Crippen LogP contribution in [0.15, 0.2) is 0 Å². The van der Waals surface area contributed by atoms with Crippen molar-refractivity contribution in [2.24, 2.45) is 11.8 Å². The van der Waals surface area contributed by atoms with Crippen LogP contribution in [-0.2, 0) is 4.74 Å². The van der Waals surface area contributed by atoms with Crippen LogP contribution >= 0.6 is 0 Å². The Hall–Kier alpha value is -0.0800. The SMILES string of the molecule is CC(C)C(C)(OCC(C)(C)O)C(C)C. The van der Waals surface area contributed by atoms with Gasteiger partial charge >= 0.3 is 0 Å². The molecule has 14 heavy (non-hydrogen) atoms. The van der Waals surface area contributed by atoms with Crippen LogP contribution in [0, 0.1) is 11.8 Å². The predicted molar refractivity (Wildman–Crippen MR) is 60.3 cm³/mol. The Morgan fingerprint density at radius 2 is 1.36 bits per heavy atom. The highest BCUT2D eigenvalue weighted by molar-refractivity contribution is 4.83. The van der Waals surface area contributed by atoms with Crippen molar-refractivity contribution in [3.05, 3.63) is 0 Å². The molecular formula is C12H26O2. The Morgan fingerprint density at radius 3 is 1.57 bits per heavy atom. The number of hydrogen-bond donors (Lipinski definition) is 1. The van der Waals surface area contributed by atoms with Gasteiger partial charge in [0.2, 0.25) is 0 Å². The van der Waals surface area contributed by atoms with Gasteiger partial charge in [-0.1, -0.05) is 27.7 Å². The van der Waals surface area contributed by atoms with E-state index in [0.29, 0.717) is 18.4 Å². The molecule has 0 aliphatic heterocycles. The van der Waals surface area contributed by atoms with E-state index in [1.54, 1.807) is 13.8 Å². The van der Waals surface area contributed by atoms with Gasteiger partial charge in [-0.15, -0.1) is 0 Å². The van der Waals surface area contributed by atoms with Crippen LogP contribution < -0.4 is 0 Å². The molecule has 0 aliphatic rings. The van der Waals surface area contributed by atoms with Gasteiger partial charge in [-0.3, -0.25) is 0 Å². The molecule has 0 radical (unpaired) electrons. The molecule has 0 amide bonds. The minimum absolute atomic E-state index is 0.153. The molecule has 0 aromatic carbocycles. The van der Waals surface area contributed by atoms with Crippen molar-refractivity contribution in [2.45, 2.75) is 59.7 Å². The van der Waals surface area contributed by atoms with Crippen LogP contribution in [0.5, 0.6) is 0 Å². The topological polar surface area (TPSA) is 29.5 Å². The lowest BCUT2D eigenvalue weighted by Crippen LogP contribution is -2.44. The molecule has 1 N–H and O–H groups in total. The normalized spacial score (nSPS) is 14.1. The van der Waals surface area contributed by atoms with Gasteiger partial charge in [0.25, 0.3) is 0 Å². The van der Waals surface area contributed by atoms with E-state index < -0.39 is 5.60 Å². The highest BCUT2D eigenvalue weighted by Gasteiger charge is 2.34. The molecule has 0 aliphatic carbocycles. The fourth-order valence-electron chi connectivity index (χ4n) is 1.33. The third-order valence-corrected chi connectivity index (χ3v) is 3.03. The average molecular weight is 202 g/mol. The van der Waals surface area contributed by atoms with E-state index >= 15 is 0 Å². The van der Waals surface area contributed by atoms with E-state index in [1.807, 2.05) is 0 Å². The number of rotatable bonds is 5. The van der Waals surface area contributed by atoms with Gasteiger partial charge < -0.3 is 9.84 Å². The second-order valence-electron chi connectivity index (χ2n) is 5.59. The molecule has 0 unspecified atom stereocenters. The fourth-order valence-corrected chi connectivity index (χ4v) is 1.33. The first kappa shape index (κ1) is 13.9. The van der Waals surface area contributed by atoms with Gasteiger partial charge in [0.15, 0.2) is 0 Å². The molecule has 0 fully saturated rings. The Kier molecular flexibility index (Phi) is 4.60. The first-order chi connectivity index (χ1) is 6.09. The van der Waals surface area contributed by atoms with Crippen molar-refractivity contribution in [3.63, 3.8) is 0 Å². The van der Waals surface area contributed by atoms with E-state index in [9.17, 15) is 5.11 Å². The molecule has 0 saturated heterocycles. The Balaban J connectivity index is 4.40. The van der Waals surface area contributed by atoms with Crippen molar-refractivity contribution in [1.29, 1.82) is 0 Å². The van der Waals surface area contributed by atoms with Gasteiger partial charge in [-0.05, 0) is 32.6 Å². The van der Waals surface area contributed by atoms with Crippen molar-refractivity contribution in [3.8, 4) is 0 Å². The summed E-state index contributed by atoms with van der Waals surface area (Å²) in [5, 5.41) is 9.62. The number of aliphatic hydroxyl groups is 1. The third kappa shape index (κ3) is 3.97. The summed E-state index contributed by atoms with van der Waals surface area (Å²) in [5.41, 5.74) is -0.898. The van der Waals surface area contributed by atoms with Crippen molar-refractivity contribution >= 4 is 0 Å². The minimum Gasteiger partial charge on any atom is -0.388 e. The molecular weight excluding hydrogens is 176 g/mol. The van der Waals surface area contributed by atoms with E-state index in [-0.39, 0.29) is 5.60 Å². The lowest BCUT2D eigenvalue weighted by molar-refractivity contribution is -0.140. The first-order valence-corrected chi connectivity index (χ1v) is 5.46. The largest absolute Gasteiger partial charge is 0.388 e. The van der Waals surface area contributed by atoms with E-state index in [2.05, 4.69) is 34.6 Å². The zero-order valence-corrected chi connectivity index (χ0v) is 10.7. The van der Waals surface area contributed by atoms with Gasteiger partial charge in [-0.2, -0.15) is 0 Å². The molecule has 0 aromatic rings. The summed E-state index contributed by atoms with van der Waals surface area (Å²) in [7, 11) is 0. The Labute approximate surface area is 88.7 Å². The van der Waals surface area contributed by atoms with Crippen LogP contribution in [-0.4, -0.2) is 22.9 Å². The molecule has 0 rings (SSSR count). The molecule has 0 bridgehead atoms. The molecule has 0 atom stereocenters. The zero-order valence-electron chi connectivity index (χ0n) is 10.7. The second kappa shape index (κ2) is 4.63. The maximum Gasteiger partial charge on any atom is 0.0824 e. The van der Waals surface area contributed by atoms with Gasteiger partial charge in [0.1, 0.15) is 0 Å². The second-order valence-corrected chi connectivity index (χ2v) is 5.59. The molecule has 0 saturated carbocycles. The van der Waals surface area contributed by atoms with Crippen LogP contribution in [0.2, 0.25) is 0 Å². The van der Waals surface area contributed by atoms with Crippen LogP contribution in [0.1, 0.15) is 48.5 Å². The zero-order chi connectivity index (χ0) is 11.6. The maximum atomic E-state index is 9.62. The summed E-state index contributed by atoms with van der Waals surface area (Å²) in [6.07, 6.45) is 0. The van der Waals surface area contributed by atoms with Gasteiger partial charge in [0.05, 0.1) is 17.8 Å². The lowest BCUT2D eigenvalue weighted by Gasteiger charge is -2.39.